The van der Waals surface area contributed by atoms with Crippen LogP contribution in [0.1, 0.15) is 54.6 Å². The maximum atomic E-state index is 12.3. The number of ketones is 1. The van der Waals surface area contributed by atoms with E-state index in [2.05, 4.69) is 15.9 Å². The number of esters is 1. The van der Waals surface area contributed by atoms with Gasteiger partial charge in [0.1, 0.15) is 0 Å². The van der Waals surface area contributed by atoms with Gasteiger partial charge < -0.3 is 9.84 Å². The minimum atomic E-state index is -0.566. The van der Waals surface area contributed by atoms with Crippen molar-refractivity contribution in [3.05, 3.63) is 20.8 Å². The monoisotopic (exact) mass is 412 g/mol. The van der Waals surface area contributed by atoms with Gasteiger partial charge >= 0.3 is 5.97 Å². The lowest BCUT2D eigenvalue weighted by Crippen LogP contribution is -2.56. The second-order valence-corrected chi connectivity index (χ2v) is 10.5. The van der Waals surface area contributed by atoms with Crippen molar-refractivity contribution in [3.63, 3.8) is 0 Å². The van der Waals surface area contributed by atoms with Crippen LogP contribution in [0.3, 0.4) is 0 Å². The highest BCUT2D eigenvalue weighted by molar-refractivity contribution is 9.11. The number of aliphatic hydroxyl groups is 1. The molecule has 4 saturated carbocycles. The Hall–Kier alpha value is -0.720. The Labute approximate surface area is 153 Å². The van der Waals surface area contributed by atoms with Crippen molar-refractivity contribution in [1.82, 2.24) is 0 Å². The van der Waals surface area contributed by atoms with Crippen molar-refractivity contribution >= 4 is 39.0 Å². The normalized spacial score (nSPS) is 36.8. The Kier molecular flexibility index (Phi) is 4.13. The van der Waals surface area contributed by atoms with Crippen LogP contribution in [0.2, 0.25) is 0 Å². The molecule has 130 valence electrons. The lowest BCUT2D eigenvalue weighted by molar-refractivity contribution is -0.176. The van der Waals surface area contributed by atoms with E-state index >= 15 is 0 Å². The number of thiophene rings is 1. The van der Waals surface area contributed by atoms with E-state index in [-0.39, 0.29) is 23.8 Å². The third-order valence-corrected chi connectivity index (χ3v) is 7.55. The summed E-state index contributed by atoms with van der Waals surface area (Å²) in [6, 6.07) is 3.55. The lowest BCUT2D eigenvalue weighted by Gasteiger charge is -2.60. The Morgan fingerprint density at radius 1 is 1.25 bits per heavy atom. The van der Waals surface area contributed by atoms with Crippen LogP contribution in [-0.4, -0.2) is 29.1 Å². The van der Waals surface area contributed by atoms with Crippen LogP contribution in [0.4, 0.5) is 0 Å². The van der Waals surface area contributed by atoms with Crippen molar-refractivity contribution in [2.45, 2.75) is 50.5 Å². The third kappa shape index (κ3) is 3.20. The number of hydrogen-bond donors (Lipinski definition) is 1. The second kappa shape index (κ2) is 5.92. The summed E-state index contributed by atoms with van der Waals surface area (Å²) < 4.78 is 6.15. The molecule has 0 aromatic carbocycles. The number of rotatable bonds is 5. The van der Waals surface area contributed by atoms with Gasteiger partial charge in [-0.2, -0.15) is 0 Å². The minimum absolute atomic E-state index is 0.106. The van der Waals surface area contributed by atoms with Crippen molar-refractivity contribution < 1.29 is 19.4 Å². The molecule has 1 N–H and O–H groups in total. The molecule has 4 aliphatic rings. The molecule has 4 aliphatic carbocycles. The van der Waals surface area contributed by atoms with Gasteiger partial charge in [0.15, 0.2) is 6.61 Å². The molecule has 4 atom stereocenters. The first-order valence-electron chi connectivity index (χ1n) is 8.51. The van der Waals surface area contributed by atoms with Gasteiger partial charge in [0.25, 0.3) is 0 Å². The highest BCUT2D eigenvalue weighted by atomic mass is 79.9. The van der Waals surface area contributed by atoms with Gasteiger partial charge in [0, 0.05) is 0 Å². The highest BCUT2D eigenvalue weighted by Crippen LogP contribution is 2.62. The molecule has 0 radical (unpaired) electrons. The van der Waals surface area contributed by atoms with Crippen LogP contribution in [0, 0.1) is 17.3 Å². The summed E-state index contributed by atoms with van der Waals surface area (Å²) in [6.07, 6.45) is 6.08. The van der Waals surface area contributed by atoms with E-state index in [0.29, 0.717) is 29.6 Å². The maximum absolute atomic E-state index is 12.3. The Balaban J connectivity index is 1.35. The molecule has 5 rings (SSSR count). The van der Waals surface area contributed by atoms with Gasteiger partial charge in [-0.3, -0.25) is 9.59 Å². The third-order valence-electron chi connectivity index (χ3n) is 5.88. The average Bonchev–Trinajstić information content (AvgIpc) is 2.88. The first-order valence-corrected chi connectivity index (χ1v) is 10.1. The van der Waals surface area contributed by atoms with E-state index < -0.39 is 5.60 Å². The molecule has 1 aromatic heterocycles. The van der Waals surface area contributed by atoms with Crippen LogP contribution < -0.4 is 0 Å². The molecule has 1 aromatic rings. The van der Waals surface area contributed by atoms with Gasteiger partial charge in [-0.15, -0.1) is 11.3 Å². The first kappa shape index (κ1) is 16.7. The van der Waals surface area contributed by atoms with Gasteiger partial charge in [-0.05, 0) is 83.8 Å². The molecule has 0 spiro atoms. The topological polar surface area (TPSA) is 63.6 Å². The largest absolute Gasteiger partial charge is 0.457 e. The van der Waals surface area contributed by atoms with E-state index in [1.165, 1.54) is 17.8 Å². The molecule has 1 heterocycles. The maximum Gasteiger partial charge on any atom is 0.306 e. The summed E-state index contributed by atoms with van der Waals surface area (Å²) >= 11 is 4.67. The van der Waals surface area contributed by atoms with E-state index in [1.54, 1.807) is 6.07 Å². The quantitative estimate of drug-likeness (QED) is 0.587. The smallest absolute Gasteiger partial charge is 0.306 e. The van der Waals surface area contributed by atoms with Crippen LogP contribution in [0.25, 0.3) is 0 Å². The number of ether oxygens (including phenoxy) is 1. The number of hydrogen-bond acceptors (Lipinski definition) is 5. The number of carbonyl (C=O) groups is 2. The second-order valence-electron chi connectivity index (χ2n) is 8.05. The zero-order chi connectivity index (χ0) is 16.9. The zero-order valence-electron chi connectivity index (χ0n) is 13.4. The molecule has 0 amide bonds. The molecule has 4 bridgehead atoms. The van der Waals surface area contributed by atoms with Crippen molar-refractivity contribution in [2.75, 3.05) is 6.61 Å². The van der Waals surface area contributed by atoms with Gasteiger partial charge in [-0.1, -0.05) is 0 Å². The summed E-state index contributed by atoms with van der Waals surface area (Å²) in [6.45, 7) is -0.195. The lowest BCUT2D eigenvalue weighted by atomic mass is 9.47. The SMILES string of the molecule is O=C(CC12C[C@@H]3C[C@@H](CC(O)(C3)C1)C2)OCC(=O)c1ccc(Br)s1. The minimum Gasteiger partial charge on any atom is -0.457 e. The standard InChI is InChI=1S/C18H21BrO4S/c19-15-2-1-14(24-15)13(20)9-23-16(21)8-17-4-11-3-12(5-17)7-18(22,6-11)10-17/h1-2,11-12,22H,3-10H2/t11-,12+,17?,18?. The van der Waals surface area contributed by atoms with Crippen molar-refractivity contribution in [1.29, 1.82) is 0 Å². The molecule has 4 nitrogen and oxygen atoms in total. The predicted molar refractivity (Wildman–Crippen MR) is 94.0 cm³/mol. The fourth-order valence-corrected chi connectivity index (χ4v) is 6.96. The summed E-state index contributed by atoms with van der Waals surface area (Å²) in [4.78, 5) is 25.0. The number of halogens is 1. The molecular weight excluding hydrogens is 392 g/mol. The summed E-state index contributed by atoms with van der Waals surface area (Å²) in [5.41, 5.74) is -0.672. The highest BCUT2D eigenvalue weighted by Gasteiger charge is 2.57. The Morgan fingerprint density at radius 3 is 2.54 bits per heavy atom. The van der Waals surface area contributed by atoms with Crippen LogP contribution in [0.5, 0.6) is 0 Å². The predicted octanol–water partition coefficient (Wildman–Crippen LogP) is 3.96. The molecule has 0 saturated heterocycles. The fourth-order valence-electron chi connectivity index (χ4n) is 5.65. The van der Waals surface area contributed by atoms with E-state index in [0.717, 1.165) is 29.5 Å². The molecule has 2 unspecified atom stereocenters. The average molecular weight is 413 g/mol. The molecular formula is C18H21BrO4S. The van der Waals surface area contributed by atoms with Crippen LogP contribution in [0.15, 0.2) is 15.9 Å². The van der Waals surface area contributed by atoms with Gasteiger partial charge in [-0.25, -0.2) is 0 Å². The van der Waals surface area contributed by atoms with E-state index in [9.17, 15) is 14.7 Å². The van der Waals surface area contributed by atoms with Crippen LogP contribution >= 0.6 is 27.3 Å². The molecule has 6 heteroatoms. The van der Waals surface area contributed by atoms with Crippen molar-refractivity contribution in [2.24, 2.45) is 17.3 Å². The molecule has 24 heavy (non-hydrogen) atoms. The summed E-state index contributed by atoms with van der Waals surface area (Å²) in [5, 5.41) is 10.7. The number of Topliss-reactive ketones (excluding diaryl/α,β-unsaturated/α-hetero) is 1. The molecule has 4 fully saturated rings. The van der Waals surface area contributed by atoms with Gasteiger partial charge in [0.2, 0.25) is 5.78 Å². The van der Waals surface area contributed by atoms with Crippen molar-refractivity contribution in [3.8, 4) is 0 Å². The molecule has 0 aliphatic heterocycles. The number of carbonyl (C=O) groups excluding carboxylic acids is 2. The fraction of sp³-hybridized carbons (Fsp3) is 0.667. The summed E-state index contributed by atoms with van der Waals surface area (Å²) in [7, 11) is 0. The Morgan fingerprint density at radius 2 is 1.96 bits per heavy atom. The summed E-state index contributed by atoms with van der Waals surface area (Å²) in [5.74, 6) is 0.635. The van der Waals surface area contributed by atoms with E-state index in [1.807, 2.05) is 6.07 Å². The van der Waals surface area contributed by atoms with Gasteiger partial charge in [0.05, 0.1) is 20.7 Å². The van der Waals surface area contributed by atoms with Crippen LogP contribution in [-0.2, 0) is 9.53 Å². The zero-order valence-corrected chi connectivity index (χ0v) is 15.8. The van der Waals surface area contributed by atoms with E-state index in [4.69, 9.17) is 4.74 Å². The first-order chi connectivity index (χ1) is 11.3. The Bertz CT molecular complexity index is 668.